The van der Waals surface area contributed by atoms with Gasteiger partial charge in [-0.05, 0) is 24.1 Å². The predicted molar refractivity (Wildman–Crippen MR) is 78.4 cm³/mol. The van der Waals surface area contributed by atoms with Crippen LogP contribution in [0.4, 0.5) is 0 Å². The molecule has 4 nitrogen and oxygen atoms in total. The van der Waals surface area contributed by atoms with Crippen LogP contribution in [0.3, 0.4) is 0 Å². The molecule has 0 aliphatic carbocycles. The maximum Gasteiger partial charge on any atom is 0.112 e. The highest BCUT2D eigenvalue weighted by Crippen LogP contribution is 2.21. The molecule has 19 heavy (non-hydrogen) atoms. The Kier molecular flexibility index (Phi) is 4.56. The highest BCUT2D eigenvalue weighted by Gasteiger charge is 2.10. The minimum Gasteiger partial charge on any atom is -0.380 e. The first kappa shape index (κ1) is 14.0. The molecule has 4 heteroatoms. The summed E-state index contributed by atoms with van der Waals surface area (Å²) in [5.41, 5.74) is 8.92. The first-order valence-corrected chi connectivity index (χ1v) is 6.86. The Balaban J connectivity index is 2.16. The van der Waals surface area contributed by atoms with Crippen LogP contribution >= 0.6 is 0 Å². The maximum absolute atomic E-state index is 5.42. The van der Waals surface area contributed by atoms with E-state index in [1.807, 2.05) is 0 Å². The van der Waals surface area contributed by atoms with Gasteiger partial charge in [0.15, 0.2) is 0 Å². The number of benzene rings is 1. The molecule has 0 saturated heterocycles. The maximum atomic E-state index is 5.42. The molecular weight excluding hydrogens is 238 g/mol. The number of nitrogens with zero attached hydrogens (tertiary/aromatic N) is 2. The Hall–Kier alpha value is -1.39. The second-order valence-electron chi connectivity index (χ2n) is 5.16. The van der Waals surface area contributed by atoms with Gasteiger partial charge in [0, 0.05) is 19.5 Å². The van der Waals surface area contributed by atoms with Gasteiger partial charge < -0.3 is 15.0 Å². The van der Waals surface area contributed by atoms with Crippen molar-refractivity contribution in [3.63, 3.8) is 0 Å². The molecule has 1 heterocycles. The second-order valence-corrected chi connectivity index (χ2v) is 5.16. The number of imidazole rings is 1. The third-order valence-electron chi connectivity index (χ3n) is 3.29. The van der Waals surface area contributed by atoms with Gasteiger partial charge in [-0.15, -0.1) is 0 Å². The lowest BCUT2D eigenvalue weighted by Gasteiger charge is -2.05. The summed E-state index contributed by atoms with van der Waals surface area (Å²) in [4.78, 5) is 4.72. The van der Waals surface area contributed by atoms with E-state index in [9.17, 15) is 0 Å². The summed E-state index contributed by atoms with van der Waals surface area (Å²) < 4.78 is 7.59. The van der Waals surface area contributed by atoms with Crippen molar-refractivity contribution in [1.29, 1.82) is 0 Å². The van der Waals surface area contributed by atoms with Gasteiger partial charge in [0.2, 0.25) is 0 Å². The lowest BCUT2D eigenvalue weighted by molar-refractivity contribution is 0.145. The summed E-state index contributed by atoms with van der Waals surface area (Å²) in [5.74, 6) is 1.57. The minimum atomic E-state index is 0.439. The third-order valence-corrected chi connectivity index (χ3v) is 3.29. The molecule has 0 atom stereocenters. The topological polar surface area (TPSA) is 53.1 Å². The fourth-order valence-electron chi connectivity index (χ4n) is 2.31. The highest BCUT2D eigenvalue weighted by atomic mass is 16.5. The van der Waals surface area contributed by atoms with Gasteiger partial charge in [0.25, 0.3) is 0 Å². The molecule has 0 aliphatic rings. The van der Waals surface area contributed by atoms with Gasteiger partial charge in [-0.2, -0.15) is 0 Å². The first-order chi connectivity index (χ1) is 9.13. The summed E-state index contributed by atoms with van der Waals surface area (Å²) >= 11 is 0. The van der Waals surface area contributed by atoms with Crippen molar-refractivity contribution in [3.05, 3.63) is 29.6 Å². The first-order valence-electron chi connectivity index (χ1n) is 6.86. The molecule has 2 N–H and O–H groups in total. The molecule has 104 valence electrons. The van der Waals surface area contributed by atoms with Crippen molar-refractivity contribution < 1.29 is 4.74 Å². The summed E-state index contributed by atoms with van der Waals surface area (Å²) in [7, 11) is 2.08. The standard InChI is InChI=1S/C15H23N3O/c1-11(2)15-17-13-10-12(6-8-19-9-7-16)4-5-14(13)18(15)3/h4-5,10-11H,6-9,16H2,1-3H3. The quantitative estimate of drug-likeness (QED) is 0.811. The summed E-state index contributed by atoms with van der Waals surface area (Å²) in [6.45, 7) is 6.26. The van der Waals surface area contributed by atoms with Crippen LogP contribution in [0.1, 0.15) is 31.2 Å². The normalized spacial score (nSPS) is 11.6. The molecule has 0 aliphatic heterocycles. The van der Waals surface area contributed by atoms with Gasteiger partial charge in [0.05, 0.1) is 24.2 Å². The highest BCUT2D eigenvalue weighted by molar-refractivity contribution is 5.77. The Morgan fingerprint density at radius 3 is 2.79 bits per heavy atom. The van der Waals surface area contributed by atoms with E-state index in [1.54, 1.807) is 0 Å². The van der Waals surface area contributed by atoms with E-state index in [2.05, 4.69) is 43.7 Å². The smallest absolute Gasteiger partial charge is 0.112 e. The van der Waals surface area contributed by atoms with E-state index < -0.39 is 0 Å². The van der Waals surface area contributed by atoms with Crippen LogP contribution in [0.25, 0.3) is 11.0 Å². The third kappa shape index (κ3) is 3.14. The summed E-state index contributed by atoms with van der Waals surface area (Å²) in [6, 6.07) is 6.46. The Morgan fingerprint density at radius 1 is 1.32 bits per heavy atom. The zero-order chi connectivity index (χ0) is 13.8. The van der Waals surface area contributed by atoms with Crippen molar-refractivity contribution >= 4 is 11.0 Å². The lowest BCUT2D eigenvalue weighted by atomic mass is 10.1. The summed E-state index contributed by atoms with van der Waals surface area (Å²) in [6.07, 6.45) is 0.906. The molecule has 0 radical (unpaired) electrons. The van der Waals surface area contributed by atoms with Crippen LogP contribution in [-0.4, -0.2) is 29.3 Å². The number of aromatic nitrogens is 2. The number of hydrogen-bond donors (Lipinski definition) is 1. The van der Waals surface area contributed by atoms with Crippen LogP contribution in [0.15, 0.2) is 18.2 Å². The van der Waals surface area contributed by atoms with Crippen molar-refractivity contribution in [2.24, 2.45) is 12.8 Å². The van der Waals surface area contributed by atoms with E-state index in [0.717, 1.165) is 17.8 Å². The van der Waals surface area contributed by atoms with E-state index in [4.69, 9.17) is 15.5 Å². The number of rotatable bonds is 6. The van der Waals surface area contributed by atoms with Crippen molar-refractivity contribution in [1.82, 2.24) is 9.55 Å². The van der Waals surface area contributed by atoms with Crippen molar-refractivity contribution in [2.45, 2.75) is 26.2 Å². The Morgan fingerprint density at radius 2 is 2.11 bits per heavy atom. The molecule has 1 aromatic heterocycles. The van der Waals surface area contributed by atoms with Gasteiger partial charge in [-0.3, -0.25) is 0 Å². The monoisotopic (exact) mass is 261 g/mol. The number of ether oxygens (including phenoxy) is 1. The largest absolute Gasteiger partial charge is 0.380 e. The van der Waals surface area contributed by atoms with Crippen molar-refractivity contribution in [3.8, 4) is 0 Å². The fraction of sp³-hybridized carbons (Fsp3) is 0.533. The van der Waals surface area contributed by atoms with Gasteiger partial charge in [-0.1, -0.05) is 19.9 Å². The molecule has 0 amide bonds. The van der Waals surface area contributed by atoms with Crippen LogP contribution in [0.5, 0.6) is 0 Å². The molecular formula is C15H23N3O. The van der Waals surface area contributed by atoms with Crippen LogP contribution in [-0.2, 0) is 18.2 Å². The lowest BCUT2D eigenvalue weighted by Crippen LogP contribution is -2.10. The molecule has 2 rings (SSSR count). The summed E-state index contributed by atoms with van der Waals surface area (Å²) in [5, 5.41) is 0. The van der Waals surface area contributed by atoms with E-state index in [1.165, 1.54) is 11.1 Å². The fourth-order valence-corrected chi connectivity index (χ4v) is 2.31. The Bertz CT molecular complexity index is 546. The molecule has 0 bridgehead atoms. The zero-order valence-corrected chi connectivity index (χ0v) is 12.0. The number of nitrogens with two attached hydrogens (primary N) is 1. The average molecular weight is 261 g/mol. The SMILES string of the molecule is CC(C)c1nc2cc(CCOCCN)ccc2n1C. The van der Waals surface area contributed by atoms with Crippen LogP contribution < -0.4 is 5.73 Å². The van der Waals surface area contributed by atoms with Crippen LogP contribution in [0.2, 0.25) is 0 Å². The molecule has 0 fully saturated rings. The molecule has 2 aromatic rings. The van der Waals surface area contributed by atoms with E-state index in [0.29, 0.717) is 25.7 Å². The van der Waals surface area contributed by atoms with Gasteiger partial charge in [-0.25, -0.2) is 4.98 Å². The average Bonchev–Trinajstić information content (AvgIpc) is 2.72. The molecule has 0 spiro atoms. The molecule has 1 aromatic carbocycles. The molecule has 0 saturated carbocycles. The number of hydrogen-bond acceptors (Lipinski definition) is 3. The number of fused-ring (bicyclic) bond motifs is 1. The van der Waals surface area contributed by atoms with Gasteiger partial charge >= 0.3 is 0 Å². The minimum absolute atomic E-state index is 0.439. The second kappa shape index (κ2) is 6.17. The Labute approximate surface area is 114 Å². The van der Waals surface area contributed by atoms with Crippen molar-refractivity contribution in [2.75, 3.05) is 19.8 Å². The van der Waals surface area contributed by atoms with Gasteiger partial charge in [0.1, 0.15) is 5.82 Å². The zero-order valence-electron chi connectivity index (χ0n) is 12.0. The van der Waals surface area contributed by atoms with E-state index in [-0.39, 0.29) is 0 Å². The van der Waals surface area contributed by atoms with E-state index >= 15 is 0 Å². The number of aryl methyl sites for hydroxylation is 1. The predicted octanol–water partition coefficient (Wildman–Crippen LogP) is 2.21. The van der Waals surface area contributed by atoms with Crippen LogP contribution in [0, 0.1) is 0 Å². The molecule has 0 unspecified atom stereocenters.